The van der Waals surface area contributed by atoms with E-state index in [0.29, 0.717) is 0 Å². The fourth-order valence-corrected chi connectivity index (χ4v) is 2.29. The van der Waals surface area contributed by atoms with Crippen LogP contribution in [0.1, 0.15) is 22.3 Å². The lowest BCUT2D eigenvalue weighted by molar-refractivity contribution is 0.676. The maximum Gasteiger partial charge on any atom is 0.0858 e. The number of aryl methyl sites for hydroxylation is 1. The van der Waals surface area contributed by atoms with Crippen molar-refractivity contribution in [3.8, 4) is 0 Å². The van der Waals surface area contributed by atoms with Gasteiger partial charge >= 0.3 is 0 Å². The Balaban J connectivity index is 2.31. The van der Waals surface area contributed by atoms with Crippen LogP contribution >= 0.6 is 11.3 Å². The molecular weight excluding hydrogens is 206 g/mol. The lowest BCUT2D eigenvalue weighted by Gasteiger charge is -2.13. The molecule has 0 aromatic carbocycles. The van der Waals surface area contributed by atoms with E-state index in [0.717, 1.165) is 11.4 Å². The molecule has 2 rings (SSSR count). The summed E-state index contributed by atoms with van der Waals surface area (Å²) in [6.07, 6.45) is 3.63. The number of rotatable bonds is 3. The first-order chi connectivity index (χ1) is 7.31. The number of nitrogens with zero attached hydrogens (tertiary/aromatic N) is 2. The molecule has 0 bridgehead atoms. The Kier molecular flexibility index (Phi) is 3.08. The molecule has 0 amide bonds. The molecule has 1 unspecified atom stereocenters. The minimum absolute atomic E-state index is 0.151. The summed E-state index contributed by atoms with van der Waals surface area (Å²) in [7, 11) is 1.94. The average Bonchev–Trinajstić information content (AvgIpc) is 2.75. The molecule has 0 spiro atoms. The van der Waals surface area contributed by atoms with Crippen LogP contribution < -0.4 is 5.32 Å². The van der Waals surface area contributed by atoms with E-state index >= 15 is 0 Å². The third-order valence-electron chi connectivity index (χ3n) is 2.21. The summed E-state index contributed by atoms with van der Waals surface area (Å²) >= 11 is 1.72. The van der Waals surface area contributed by atoms with Crippen molar-refractivity contribution in [3.05, 3.63) is 46.2 Å². The number of nitrogens with one attached hydrogen (secondary N) is 1. The molecule has 3 nitrogen and oxygen atoms in total. The van der Waals surface area contributed by atoms with Crippen molar-refractivity contribution in [2.75, 3.05) is 7.05 Å². The van der Waals surface area contributed by atoms with Crippen LogP contribution in [0.3, 0.4) is 0 Å². The van der Waals surface area contributed by atoms with E-state index in [1.807, 2.05) is 26.2 Å². The Morgan fingerprint density at radius 2 is 2.20 bits per heavy atom. The highest BCUT2D eigenvalue weighted by atomic mass is 32.1. The largest absolute Gasteiger partial charge is 0.307 e. The molecule has 0 aliphatic carbocycles. The molecule has 0 radical (unpaired) electrons. The van der Waals surface area contributed by atoms with Crippen LogP contribution in [-0.2, 0) is 0 Å². The highest BCUT2D eigenvalue weighted by Gasteiger charge is 2.13. The molecule has 0 aliphatic heterocycles. The standard InChI is InChI=1S/C11H13N3S/c1-8-6-14-9(7-13-8)11(12-2)10-4-3-5-15-10/h3-7,11-12H,1-2H3. The molecule has 0 aliphatic rings. The Morgan fingerprint density at radius 3 is 2.73 bits per heavy atom. The van der Waals surface area contributed by atoms with Gasteiger partial charge in [0.1, 0.15) is 0 Å². The summed E-state index contributed by atoms with van der Waals surface area (Å²) in [5, 5.41) is 5.32. The van der Waals surface area contributed by atoms with Gasteiger partial charge in [-0.05, 0) is 25.4 Å². The molecule has 1 N–H and O–H groups in total. The van der Waals surface area contributed by atoms with Gasteiger partial charge in [0.25, 0.3) is 0 Å². The zero-order valence-corrected chi connectivity index (χ0v) is 9.58. The van der Waals surface area contributed by atoms with E-state index < -0.39 is 0 Å². The first kappa shape index (κ1) is 10.3. The van der Waals surface area contributed by atoms with Crippen LogP contribution in [0, 0.1) is 6.92 Å². The van der Waals surface area contributed by atoms with E-state index in [9.17, 15) is 0 Å². The molecular formula is C11H13N3S. The molecule has 2 aromatic rings. The van der Waals surface area contributed by atoms with Crippen LogP contribution in [0.5, 0.6) is 0 Å². The molecule has 2 aromatic heterocycles. The van der Waals surface area contributed by atoms with Crippen LogP contribution in [0.25, 0.3) is 0 Å². The summed E-state index contributed by atoms with van der Waals surface area (Å²) in [6.45, 7) is 1.94. The maximum absolute atomic E-state index is 4.39. The fraction of sp³-hybridized carbons (Fsp3) is 0.273. The summed E-state index contributed by atoms with van der Waals surface area (Å²) in [4.78, 5) is 9.91. The molecule has 78 valence electrons. The second kappa shape index (κ2) is 4.51. The fourth-order valence-electron chi connectivity index (χ4n) is 1.44. The Morgan fingerprint density at radius 1 is 1.33 bits per heavy atom. The summed E-state index contributed by atoms with van der Waals surface area (Å²) in [6, 6.07) is 4.30. The third kappa shape index (κ3) is 2.22. The molecule has 0 saturated heterocycles. The van der Waals surface area contributed by atoms with Crippen molar-refractivity contribution in [3.63, 3.8) is 0 Å². The van der Waals surface area contributed by atoms with Crippen LogP contribution in [0.4, 0.5) is 0 Å². The van der Waals surface area contributed by atoms with Gasteiger partial charge in [-0.2, -0.15) is 0 Å². The van der Waals surface area contributed by atoms with Gasteiger partial charge in [-0.1, -0.05) is 6.07 Å². The Labute approximate surface area is 93.2 Å². The minimum atomic E-state index is 0.151. The maximum atomic E-state index is 4.39. The first-order valence-electron chi connectivity index (χ1n) is 4.80. The van der Waals surface area contributed by atoms with Gasteiger partial charge in [-0.15, -0.1) is 11.3 Å². The summed E-state index contributed by atoms with van der Waals surface area (Å²) in [5.74, 6) is 0. The van der Waals surface area contributed by atoms with E-state index in [-0.39, 0.29) is 6.04 Å². The normalized spacial score (nSPS) is 12.7. The summed E-state index contributed by atoms with van der Waals surface area (Å²) in [5.41, 5.74) is 1.91. The number of thiophene rings is 1. The SMILES string of the molecule is CNC(c1cnc(C)cn1)c1cccs1. The van der Waals surface area contributed by atoms with Crippen molar-refractivity contribution in [2.45, 2.75) is 13.0 Å². The van der Waals surface area contributed by atoms with Crippen LogP contribution in [-0.4, -0.2) is 17.0 Å². The highest BCUT2D eigenvalue weighted by molar-refractivity contribution is 7.10. The zero-order valence-electron chi connectivity index (χ0n) is 8.77. The van der Waals surface area contributed by atoms with Gasteiger partial charge < -0.3 is 5.32 Å². The quantitative estimate of drug-likeness (QED) is 0.859. The van der Waals surface area contributed by atoms with Crippen molar-refractivity contribution >= 4 is 11.3 Å². The Hall–Kier alpha value is -1.26. The molecule has 1 atom stereocenters. The third-order valence-corrected chi connectivity index (χ3v) is 3.15. The van der Waals surface area contributed by atoms with E-state index in [4.69, 9.17) is 0 Å². The highest BCUT2D eigenvalue weighted by Crippen LogP contribution is 2.23. The topological polar surface area (TPSA) is 37.8 Å². The van der Waals surface area contributed by atoms with Crippen molar-refractivity contribution in [2.24, 2.45) is 0 Å². The minimum Gasteiger partial charge on any atom is -0.307 e. The zero-order chi connectivity index (χ0) is 10.7. The molecule has 2 heterocycles. The number of aromatic nitrogens is 2. The van der Waals surface area contributed by atoms with Crippen molar-refractivity contribution < 1.29 is 0 Å². The van der Waals surface area contributed by atoms with Gasteiger partial charge in [0.15, 0.2) is 0 Å². The second-order valence-electron chi connectivity index (χ2n) is 3.32. The monoisotopic (exact) mass is 219 g/mol. The van der Waals surface area contributed by atoms with Gasteiger partial charge in [0.05, 0.1) is 23.6 Å². The van der Waals surface area contributed by atoms with Crippen LogP contribution in [0.15, 0.2) is 29.9 Å². The lowest BCUT2D eigenvalue weighted by atomic mass is 10.2. The lowest BCUT2D eigenvalue weighted by Crippen LogP contribution is -2.18. The number of hydrogen-bond donors (Lipinski definition) is 1. The molecule has 0 saturated carbocycles. The van der Waals surface area contributed by atoms with Gasteiger partial charge in [-0.3, -0.25) is 9.97 Å². The predicted molar refractivity (Wildman–Crippen MR) is 62.0 cm³/mol. The smallest absolute Gasteiger partial charge is 0.0858 e. The van der Waals surface area contributed by atoms with Gasteiger partial charge in [0.2, 0.25) is 0 Å². The van der Waals surface area contributed by atoms with Crippen LogP contribution in [0.2, 0.25) is 0 Å². The molecule has 15 heavy (non-hydrogen) atoms. The average molecular weight is 219 g/mol. The molecule has 4 heteroatoms. The molecule has 0 fully saturated rings. The van der Waals surface area contributed by atoms with E-state index in [1.54, 1.807) is 17.5 Å². The predicted octanol–water partition coefficient (Wildman–Crippen LogP) is 2.16. The Bertz CT molecular complexity index is 408. The second-order valence-corrected chi connectivity index (χ2v) is 4.30. The number of hydrogen-bond acceptors (Lipinski definition) is 4. The van der Waals surface area contributed by atoms with Crippen molar-refractivity contribution in [1.29, 1.82) is 0 Å². The first-order valence-corrected chi connectivity index (χ1v) is 5.68. The van der Waals surface area contributed by atoms with Crippen molar-refractivity contribution in [1.82, 2.24) is 15.3 Å². The summed E-state index contributed by atoms with van der Waals surface area (Å²) < 4.78 is 0. The van der Waals surface area contributed by atoms with E-state index in [2.05, 4.69) is 26.7 Å². The van der Waals surface area contributed by atoms with Gasteiger partial charge in [0, 0.05) is 11.1 Å². The van der Waals surface area contributed by atoms with E-state index in [1.165, 1.54) is 4.88 Å². The van der Waals surface area contributed by atoms with Gasteiger partial charge in [-0.25, -0.2) is 0 Å².